The van der Waals surface area contributed by atoms with Crippen LogP contribution < -0.4 is 0 Å². The molecular weight excluding hydrogens is 340 g/mol. The molecular formula is C19H22O7. The predicted molar refractivity (Wildman–Crippen MR) is 85.8 cm³/mol. The Morgan fingerprint density at radius 1 is 1.31 bits per heavy atom. The molecule has 0 aromatic carbocycles. The Kier molecular flexibility index (Phi) is 3.20. The molecule has 8 unspecified atom stereocenters. The molecule has 0 amide bonds. The highest BCUT2D eigenvalue weighted by Gasteiger charge is 2.76. The summed E-state index contributed by atoms with van der Waals surface area (Å²) in [6.45, 7) is 2.00. The van der Waals surface area contributed by atoms with E-state index in [4.69, 9.17) is 13.9 Å². The smallest absolute Gasteiger partial charge is 0.339 e. The molecule has 4 aliphatic rings. The summed E-state index contributed by atoms with van der Waals surface area (Å²) in [6, 6.07) is 1.83. The van der Waals surface area contributed by atoms with Crippen LogP contribution >= 0.6 is 0 Å². The summed E-state index contributed by atoms with van der Waals surface area (Å²) in [5.74, 6) is -2.45. The van der Waals surface area contributed by atoms with Gasteiger partial charge in [0.15, 0.2) is 5.60 Å². The van der Waals surface area contributed by atoms with Gasteiger partial charge in [0.05, 0.1) is 30.7 Å². The summed E-state index contributed by atoms with van der Waals surface area (Å²) in [4.78, 5) is 24.8. The van der Waals surface area contributed by atoms with E-state index >= 15 is 0 Å². The van der Waals surface area contributed by atoms with Crippen molar-refractivity contribution in [2.75, 3.05) is 0 Å². The van der Waals surface area contributed by atoms with Crippen LogP contribution in [0.15, 0.2) is 23.0 Å². The minimum absolute atomic E-state index is 0.144. The van der Waals surface area contributed by atoms with E-state index in [9.17, 15) is 19.8 Å². The highest BCUT2D eigenvalue weighted by Crippen LogP contribution is 2.68. The monoisotopic (exact) mass is 362 g/mol. The fourth-order valence-corrected chi connectivity index (χ4v) is 6.23. The molecule has 8 atom stereocenters. The SMILES string of the molecule is CC12CC(c3ccoc3)OC13CC(OC3=O)C1C(C(=O)O)CC(O)CC12. The van der Waals surface area contributed by atoms with E-state index in [1.165, 1.54) is 0 Å². The van der Waals surface area contributed by atoms with E-state index in [0.29, 0.717) is 19.3 Å². The summed E-state index contributed by atoms with van der Waals surface area (Å²) in [5.41, 5.74) is -0.784. The van der Waals surface area contributed by atoms with Gasteiger partial charge in [0.25, 0.3) is 0 Å². The molecule has 1 aromatic heterocycles. The molecule has 1 spiro atoms. The number of aliphatic hydroxyl groups is 1. The van der Waals surface area contributed by atoms with E-state index in [1.54, 1.807) is 12.5 Å². The van der Waals surface area contributed by atoms with E-state index < -0.39 is 35.1 Å². The molecule has 140 valence electrons. The molecule has 2 aliphatic carbocycles. The number of carbonyl (C=O) groups is 2. The minimum atomic E-state index is -1.07. The molecule has 2 aliphatic heterocycles. The summed E-state index contributed by atoms with van der Waals surface area (Å²) < 4.78 is 17.2. The number of rotatable bonds is 2. The van der Waals surface area contributed by atoms with Gasteiger partial charge in [-0.2, -0.15) is 0 Å². The van der Waals surface area contributed by atoms with Crippen molar-refractivity contribution in [3.05, 3.63) is 24.2 Å². The number of hydrogen-bond donors (Lipinski definition) is 2. The maximum absolute atomic E-state index is 12.9. The average Bonchev–Trinajstić information content (AvgIpc) is 3.27. The standard InChI is InChI=1S/C19H22O7/c1-18-6-13(9-2-3-24-8-9)26-19(18)7-14(25-17(19)23)15-11(16(21)22)4-10(20)5-12(15)18/h2-3,8,10-15,20H,4-7H2,1H3,(H,21,22). The van der Waals surface area contributed by atoms with Gasteiger partial charge in [0.2, 0.25) is 0 Å². The number of carboxylic acid groups (broad SMARTS) is 1. The summed E-state index contributed by atoms with van der Waals surface area (Å²) in [5, 5.41) is 20.1. The first-order chi connectivity index (χ1) is 12.4. The van der Waals surface area contributed by atoms with Gasteiger partial charge in [0.1, 0.15) is 6.10 Å². The third-order valence-electron chi connectivity index (χ3n) is 7.41. The molecule has 4 fully saturated rings. The lowest BCUT2D eigenvalue weighted by molar-refractivity contribution is -0.174. The molecule has 5 rings (SSSR count). The number of furan rings is 1. The highest BCUT2D eigenvalue weighted by atomic mass is 16.6. The van der Waals surface area contributed by atoms with Gasteiger partial charge >= 0.3 is 11.9 Å². The van der Waals surface area contributed by atoms with E-state index in [2.05, 4.69) is 0 Å². The van der Waals surface area contributed by atoms with Gasteiger partial charge in [0, 0.05) is 23.3 Å². The van der Waals surface area contributed by atoms with E-state index in [1.807, 2.05) is 13.0 Å². The van der Waals surface area contributed by atoms with Crippen LogP contribution in [0.25, 0.3) is 0 Å². The zero-order chi connectivity index (χ0) is 18.3. The molecule has 7 heteroatoms. The van der Waals surface area contributed by atoms with Crippen LogP contribution in [0.5, 0.6) is 0 Å². The van der Waals surface area contributed by atoms with Crippen LogP contribution in [-0.2, 0) is 19.1 Å². The third-order valence-corrected chi connectivity index (χ3v) is 7.41. The number of esters is 1. The Hall–Kier alpha value is -1.86. The van der Waals surface area contributed by atoms with Crippen molar-refractivity contribution >= 4 is 11.9 Å². The van der Waals surface area contributed by atoms with E-state index in [-0.39, 0.29) is 30.3 Å². The Morgan fingerprint density at radius 2 is 2.12 bits per heavy atom. The largest absolute Gasteiger partial charge is 0.481 e. The van der Waals surface area contributed by atoms with Gasteiger partial charge in [-0.25, -0.2) is 4.79 Å². The molecule has 2 saturated carbocycles. The topological polar surface area (TPSA) is 106 Å². The van der Waals surface area contributed by atoms with Crippen molar-refractivity contribution in [1.29, 1.82) is 0 Å². The number of carboxylic acids is 1. The molecule has 2 N–H and O–H groups in total. The predicted octanol–water partition coefficient (Wildman–Crippen LogP) is 1.90. The van der Waals surface area contributed by atoms with Crippen molar-refractivity contribution in [3.63, 3.8) is 0 Å². The lowest BCUT2D eigenvalue weighted by Crippen LogP contribution is -2.60. The molecule has 7 nitrogen and oxygen atoms in total. The Bertz CT molecular complexity index is 758. The number of aliphatic carboxylic acids is 1. The number of ether oxygens (including phenoxy) is 2. The first-order valence-electron chi connectivity index (χ1n) is 9.17. The maximum Gasteiger partial charge on any atom is 0.339 e. The Morgan fingerprint density at radius 3 is 2.81 bits per heavy atom. The second-order valence-electron chi connectivity index (χ2n) is 8.51. The molecule has 1 aromatic rings. The first kappa shape index (κ1) is 16.3. The second-order valence-corrected chi connectivity index (χ2v) is 8.51. The summed E-state index contributed by atoms with van der Waals surface area (Å²) in [6.07, 6.45) is 3.39. The van der Waals surface area contributed by atoms with Crippen molar-refractivity contribution in [3.8, 4) is 0 Å². The highest BCUT2D eigenvalue weighted by molar-refractivity contribution is 5.85. The van der Waals surface area contributed by atoms with Crippen molar-refractivity contribution in [1.82, 2.24) is 0 Å². The molecule has 0 radical (unpaired) electrons. The number of hydrogen-bond acceptors (Lipinski definition) is 6. The fraction of sp³-hybridized carbons (Fsp3) is 0.684. The van der Waals surface area contributed by atoms with Gasteiger partial charge in [-0.15, -0.1) is 0 Å². The molecule has 26 heavy (non-hydrogen) atoms. The quantitative estimate of drug-likeness (QED) is 0.774. The Balaban J connectivity index is 1.61. The zero-order valence-electron chi connectivity index (χ0n) is 14.5. The average molecular weight is 362 g/mol. The van der Waals surface area contributed by atoms with Gasteiger partial charge < -0.3 is 24.1 Å². The number of fused-ring (bicyclic) bond motifs is 4. The third kappa shape index (κ3) is 1.85. The normalized spacial score (nSPS) is 49.4. The Labute approximate surface area is 150 Å². The number of aliphatic hydroxyl groups excluding tert-OH is 1. The molecule has 3 heterocycles. The second kappa shape index (κ2) is 5.10. The maximum atomic E-state index is 12.9. The summed E-state index contributed by atoms with van der Waals surface area (Å²) >= 11 is 0. The van der Waals surface area contributed by atoms with Crippen molar-refractivity contribution < 1.29 is 33.7 Å². The van der Waals surface area contributed by atoms with Gasteiger partial charge in [-0.3, -0.25) is 4.79 Å². The fourth-order valence-electron chi connectivity index (χ4n) is 6.23. The van der Waals surface area contributed by atoms with Crippen LogP contribution in [0.4, 0.5) is 0 Å². The van der Waals surface area contributed by atoms with Crippen LogP contribution in [0.3, 0.4) is 0 Å². The first-order valence-corrected chi connectivity index (χ1v) is 9.17. The van der Waals surface area contributed by atoms with E-state index in [0.717, 1.165) is 5.56 Å². The lowest BCUT2D eigenvalue weighted by atomic mass is 9.49. The lowest BCUT2D eigenvalue weighted by Gasteiger charge is -2.53. The van der Waals surface area contributed by atoms with Gasteiger partial charge in [-0.05, 0) is 31.2 Å². The van der Waals surface area contributed by atoms with Crippen LogP contribution in [0.2, 0.25) is 0 Å². The molecule has 2 bridgehead atoms. The van der Waals surface area contributed by atoms with Crippen molar-refractivity contribution in [2.45, 2.75) is 56.5 Å². The number of carbonyl (C=O) groups excluding carboxylic acids is 1. The van der Waals surface area contributed by atoms with Crippen molar-refractivity contribution in [2.24, 2.45) is 23.2 Å². The zero-order valence-corrected chi connectivity index (χ0v) is 14.5. The van der Waals surface area contributed by atoms with Gasteiger partial charge in [-0.1, -0.05) is 6.92 Å². The molecule has 2 saturated heterocycles. The van der Waals surface area contributed by atoms with Crippen LogP contribution in [0.1, 0.15) is 44.3 Å². The van der Waals surface area contributed by atoms with Crippen LogP contribution in [0, 0.1) is 23.2 Å². The summed E-state index contributed by atoms with van der Waals surface area (Å²) in [7, 11) is 0. The minimum Gasteiger partial charge on any atom is -0.481 e. The van der Waals surface area contributed by atoms with Crippen LogP contribution in [-0.4, -0.2) is 40.0 Å².